The number of halogens is 1. The zero-order chi connectivity index (χ0) is 12.3. The first-order valence-electron chi connectivity index (χ1n) is 5.92. The fourth-order valence-corrected chi connectivity index (χ4v) is 6.80. The molecule has 2 rings (SSSR count). The van der Waals surface area contributed by atoms with Crippen molar-refractivity contribution in [3.05, 3.63) is 21.3 Å². The molecule has 0 aliphatic carbocycles. The van der Waals surface area contributed by atoms with Crippen molar-refractivity contribution in [2.24, 2.45) is 0 Å². The second kappa shape index (κ2) is 6.71. The number of thioether (sulfide) groups is 2. The summed E-state index contributed by atoms with van der Waals surface area (Å²) in [6.07, 6.45) is 1.25. The van der Waals surface area contributed by atoms with E-state index in [2.05, 4.69) is 48.9 Å². The zero-order valence-electron chi connectivity index (χ0n) is 10.1. The van der Waals surface area contributed by atoms with Crippen molar-refractivity contribution >= 4 is 46.5 Å². The third-order valence-electron chi connectivity index (χ3n) is 3.03. The summed E-state index contributed by atoms with van der Waals surface area (Å²) in [6.45, 7) is 2.30. The van der Waals surface area contributed by atoms with Crippen LogP contribution >= 0.6 is 46.5 Å². The van der Waals surface area contributed by atoms with Gasteiger partial charge in [0.1, 0.15) is 0 Å². The maximum atomic E-state index is 6.05. The Kier molecular flexibility index (Phi) is 5.55. The first-order valence-corrected chi connectivity index (χ1v) is 9.21. The molecule has 0 radical (unpaired) electrons. The van der Waals surface area contributed by atoms with Gasteiger partial charge in [0, 0.05) is 26.9 Å². The highest BCUT2D eigenvalue weighted by Crippen LogP contribution is 2.42. The average Bonchev–Trinajstić information content (AvgIpc) is 2.77. The lowest BCUT2D eigenvalue weighted by atomic mass is 10.1. The minimum atomic E-state index is 0.440. The van der Waals surface area contributed by atoms with E-state index in [4.69, 9.17) is 11.6 Å². The molecule has 1 nitrogen and oxygen atoms in total. The lowest BCUT2D eigenvalue weighted by Gasteiger charge is -2.35. The van der Waals surface area contributed by atoms with Crippen molar-refractivity contribution in [3.8, 4) is 0 Å². The smallest absolute Gasteiger partial charge is 0.0931 e. The number of hydrogen-bond acceptors (Lipinski definition) is 4. The Hall–Kier alpha value is 0.650. The Labute approximate surface area is 121 Å². The number of hydrogen-bond donors (Lipinski definition) is 1. The molecule has 0 aromatic carbocycles. The van der Waals surface area contributed by atoms with E-state index in [1.165, 1.54) is 22.8 Å². The Morgan fingerprint density at radius 2 is 2.18 bits per heavy atom. The average molecular weight is 308 g/mol. The first kappa shape index (κ1) is 14.1. The third kappa shape index (κ3) is 3.35. The van der Waals surface area contributed by atoms with Crippen molar-refractivity contribution < 1.29 is 0 Å². The highest BCUT2D eigenvalue weighted by Gasteiger charge is 2.32. The summed E-state index contributed by atoms with van der Waals surface area (Å²) in [5, 5.41) is 4.91. The maximum Gasteiger partial charge on any atom is 0.0931 e. The van der Waals surface area contributed by atoms with E-state index in [-0.39, 0.29) is 0 Å². The third-order valence-corrected chi connectivity index (χ3v) is 7.70. The van der Waals surface area contributed by atoms with Crippen LogP contribution < -0.4 is 5.32 Å². The fourth-order valence-electron chi connectivity index (χ4n) is 2.21. The minimum absolute atomic E-state index is 0.440. The summed E-state index contributed by atoms with van der Waals surface area (Å²) in [5.74, 6) is 2.56. The van der Waals surface area contributed by atoms with Gasteiger partial charge in [-0.15, -0.1) is 11.3 Å². The van der Waals surface area contributed by atoms with Crippen LogP contribution in [-0.4, -0.2) is 29.1 Å². The zero-order valence-corrected chi connectivity index (χ0v) is 13.3. The van der Waals surface area contributed by atoms with Gasteiger partial charge >= 0.3 is 0 Å². The van der Waals surface area contributed by atoms with Crippen LogP contribution in [0.2, 0.25) is 4.34 Å². The van der Waals surface area contributed by atoms with Crippen LogP contribution in [-0.2, 0) is 0 Å². The van der Waals surface area contributed by atoms with E-state index in [0.717, 1.165) is 9.59 Å². The highest BCUT2D eigenvalue weighted by molar-refractivity contribution is 8.07. The summed E-state index contributed by atoms with van der Waals surface area (Å²) in [7, 11) is 2.06. The quantitative estimate of drug-likeness (QED) is 0.891. The lowest BCUT2D eigenvalue weighted by Crippen LogP contribution is -2.36. The molecule has 1 aliphatic heterocycles. The molecule has 1 saturated heterocycles. The second-order valence-electron chi connectivity index (χ2n) is 4.06. The standard InChI is InChI=1S/C12H18ClNS3/c1-3-8-12(16-7-6-15-8)11(14-2)9-4-5-10(13)17-9/h4-5,8,11-12,14H,3,6-7H2,1-2H3. The molecule has 1 fully saturated rings. The van der Waals surface area contributed by atoms with Crippen molar-refractivity contribution in [3.63, 3.8) is 0 Å². The van der Waals surface area contributed by atoms with Crippen molar-refractivity contribution in [1.29, 1.82) is 0 Å². The van der Waals surface area contributed by atoms with Crippen LogP contribution in [0.3, 0.4) is 0 Å². The SMILES string of the molecule is CCC1SCCSC1C(NC)c1ccc(Cl)s1. The topological polar surface area (TPSA) is 12.0 Å². The van der Waals surface area contributed by atoms with Gasteiger partial charge < -0.3 is 5.32 Å². The fraction of sp³-hybridized carbons (Fsp3) is 0.667. The van der Waals surface area contributed by atoms with Gasteiger partial charge in [-0.25, -0.2) is 0 Å². The van der Waals surface area contributed by atoms with Gasteiger partial charge in [0.05, 0.1) is 10.4 Å². The summed E-state index contributed by atoms with van der Waals surface area (Å²) in [5.41, 5.74) is 0. The summed E-state index contributed by atoms with van der Waals surface area (Å²) in [4.78, 5) is 1.37. The first-order chi connectivity index (χ1) is 8.26. The predicted molar refractivity (Wildman–Crippen MR) is 83.9 cm³/mol. The van der Waals surface area contributed by atoms with Gasteiger partial charge in [-0.05, 0) is 25.6 Å². The molecule has 3 unspecified atom stereocenters. The van der Waals surface area contributed by atoms with Gasteiger partial charge in [0.2, 0.25) is 0 Å². The van der Waals surface area contributed by atoms with Crippen molar-refractivity contribution in [1.82, 2.24) is 5.32 Å². The molecule has 96 valence electrons. The van der Waals surface area contributed by atoms with Gasteiger partial charge in [0.15, 0.2) is 0 Å². The normalized spacial score (nSPS) is 27.0. The van der Waals surface area contributed by atoms with Crippen molar-refractivity contribution in [2.45, 2.75) is 29.9 Å². The van der Waals surface area contributed by atoms with E-state index in [0.29, 0.717) is 11.3 Å². The molecule has 0 spiro atoms. The Bertz CT molecular complexity index is 355. The second-order valence-corrected chi connectivity index (χ2v) is 8.44. The molecule has 1 N–H and O–H groups in total. The van der Waals surface area contributed by atoms with E-state index in [1.807, 2.05) is 6.07 Å². The maximum absolute atomic E-state index is 6.05. The van der Waals surface area contributed by atoms with Crippen LogP contribution in [0.15, 0.2) is 12.1 Å². The molecular weight excluding hydrogens is 290 g/mol. The number of thiophene rings is 1. The molecule has 5 heteroatoms. The summed E-state index contributed by atoms with van der Waals surface area (Å²) >= 11 is 12.0. The molecule has 1 aliphatic rings. The molecule has 3 atom stereocenters. The van der Waals surface area contributed by atoms with E-state index in [1.54, 1.807) is 11.3 Å². The van der Waals surface area contributed by atoms with Crippen LogP contribution in [0.5, 0.6) is 0 Å². The van der Waals surface area contributed by atoms with Gasteiger partial charge in [-0.3, -0.25) is 0 Å². The molecule has 0 amide bonds. The molecule has 17 heavy (non-hydrogen) atoms. The van der Waals surface area contributed by atoms with Crippen LogP contribution in [0.25, 0.3) is 0 Å². The lowest BCUT2D eigenvalue weighted by molar-refractivity contribution is 0.551. The van der Waals surface area contributed by atoms with Crippen LogP contribution in [0, 0.1) is 0 Å². The molecule has 1 aromatic heterocycles. The number of nitrogens with one attached hydrogen (secondary N) is 1. The monoisotopic (exact) mass is 307 g/mol. The summed E-state index contributed by atoms with van der Waals surface area (Å²) in [6, 6.07) is 4.61. The van der Waals surface area contributed by atoms with Crippen LogP contribution in [0.4, 0.5) is 0 Å². The summed E-state index contributed by atoms with van der Waals surface area (Å²) < 4.78 is 0.891. The Morgan fingerprint density at radius 1 is 1.41 bits per heavy atom. The Balaban J connectivity index is 2.16. The molecular formula is C12H18ClNS3. The number of rotatable bonds is 4. The molecule has 2 heterocycles. The van der Waals surface area contributed by atoms with E-state index in [9.17, 15) is 0 Å². The largest absolute Gasteiger partial charge is 0.311 e. The highest BCUT2D eigenvalue weighted by atomic mass is 35.5. The Morgan fingerprint density at radius 3 is 2.76 bits per heavy atom. The minimum Gasteiger partial charge on any atom is -0.311 e. The molecule has 0 saturated carbocycles. The van der Waals surface area contributed by atoms with E-state index < -0.39 is 0 Å². The van der Waals surface area contributed by atoms with E-state index >= 15 is 0 Å². The van der Waals surface area contributed by atoms with Crippen molar-refractivity contribution in [2.75, 3.05) is 18.6 Å². The predicted octanol–water partition coefficient (Wildman–Crippen LogP) is 4.29. The van der Waals surface area contributed by atoms with Gasteiger partial charge in [-0.1, -0.05) is 18.5 Å². The molecule has 0 bridgehead atoms. The van der Waals surface area contributed by atoms with Gasteiger partial charge in [-0.2, -0.15) is 23.5 Å². The van der Waals surface area contributed by atoms with Gasteiger partial charge in [0.25, 0.3) is 0 Å². The van der Waals surface area contributed by atoms with Crippen LogP contribution in [0.1, 0.15) is 24.3 Å². The molecule has 1 aromatic rings.